The maximum absolute atomic E-state index is 12.8. The molecule has 0 aromatic heterocycles. The van der Waals surface area contributed by atoms with Crippen molar-refractivity contribution in [3.05, 3.63) is 35.6 Å². The number of hydrogen-bond donors (Lipinski definition) is 1. The van der Waals surface area contributed by atoms with Crippen molar-refractivity contribution in [3.8, 4) is 0 Å². The van der Waals surface area contributed by atoms with Crippen LogP contribution in [0.4, 0.5) is 4.39 Å². The van der Waals surface area contributed by atoms with E-state index in [0.717, 1.165) is 0 Å². The molecule has 0 amide bonds. The Bertz CT molecular complexity index is 240. The van der Waals surface area contributed by atoms with Gasteiger partial charge in [0.15, 0.2) is 0 Å². The number of rotatable bonds is 2. The molecule has 0 saturated carbocycles. The molecule has 1 rings (SSSR count). The summed E-state index contributed by atoms with van der Waals surface area (Å²) >= 11 is 0. The Hall–Kier alpha value is -0.890. The molecule has 48 valence electrons. The Labute approximate surface area is 56.2 Å². The Morgan fingerprint density at radius 3 is 3.00 bits per heavy atom. The van der Waals surface area contributed by atoms with Crippen molar-refractivity contribution in [2.45, 2.75) is 6.54 Å². The van der Waals surface area contributed by atoms with Crippen molar-refractivity contribution in [2.24, 2.45) is 5.72 Å². The topological polar surface area (TPSA) is 26.0 Å². The van der Waals surface area contributed by atoms with Crippen LogP contribution in [0.25, 0.3) is 0 Å². The van der Waals surface area contributed by atoms with Crippen molar-refractivity contribution in [1.29, 1.82) is 0 Å². The largest absolute Gasteiger partial charge is 0.326 e. The highest BCUT2D eigenvalue weighted by atomic mass is 19.1. The molecule has 0 aliphatic carbocycles. The lowest BCUT2D eigenvalue weighted by molar-refractivity contribution is 0.610. The zero-order valence-corrected chi connectivity index (χ0v) is 4.84. The van der Waals surface area contributed by atoms with Gasteiger partial charge in [-0.15, -0.1) is 0 Å². The fraction of sp³-hybridized carbons (Fsp3) is 0.143. The average molecular weight is 127 g/mol. The number of hydrogen-bond acceptors (Lipinski definition) is 1. The standard InChI is InChI=1S/C7H8FN/c8-7-4-2-1-3-6(7)5-9/h1-4H,5,9H2/i/hD2. The van der Waals surface area contributed by atoms with Crippen molar-refractivity contribution >= 4 is 0 Å². The molecular weight excluding hydrogens is 117 g/mol. The summed E-state index contributed by atoms with van der Waals surface area (Å²) in [6.07, 6.45) is 0. The summed E-state index contributed by atoms with van der Waals surface area (Å²) in [7, 11) is 0. The maximum atomic E-state index is 12.8. The smallest absolute Gasteiger partial charge is 0.127 e. The van der Waals surface area contributed by atoms with E-state index in [-0.39, 0.29) is 12.4 Å². The fourth-order valence-electron chi connectivity index (χ4n) is 0.627. The summed E-state index contributed by atoms with van der Waals surface area (Å²) in [5, 5.41) is 0. The van der Waals surface area contributed by atoms with Gasteiger partial charge in [-0.1, -0.05) is 18.2 Å². The van der Waals surface area contributed by atoms with E-state index in [4.69, 9.17) is 2.82 Å². The van der Waals surface area contributed by atoms with Gasteiger partial charge in [0.1, 0.15) is 8.64 Å². The van der Waals surface area contributed by atoms with Crippen LogP contribution in [0, 0.1) is 5.82 Å². The van der Waals surface area contributed by atoms with Crippen molar-refractivity contribution < 1.29 is 7.21 Å². The van der Waals surface area contributed by atoms with Crippen LogP contribution >= 0.6 is 0 Å². The van der Waals surface area contributed by atoms with Gasteiger partial charge in [-0.3, -0.25) is 0 Å². The maximum Gasteiger partial charge on any atom is 0.127 e. The lowest BCUT2D eigenvalue weighted by atomic mass is 10.2. The van der Waals surface area contributed by atoms with Crippen molar-refractivity contribution in [2.75, 3.05) is 0 Å². The zero-order chi connectivity index (χ0) is 8.27. The van der Waals surface area contributed by atoms with E-state index >= 15 is 0 Å². The summed E-state index contributed by atoms with van der Waals surface area (Å²) in [4.78, 5) is 0. The summed E-state index contributed by atoms with van der Waals surface area (Å²) in [5.41, 5.74) is 0.816. The average Bonchev–Trinajstić information content (AvgIpc) is 1.93. The molecule has 9 heavy (non-hydrogen) atoms. The van der Waals surface area contributed by atoms with Gasteiger partial charge in [0.2, 0.25) is 0 Å². The first-order valence-corrected chi connectivity index (χ1v) is 2.69. The van der Waals surface area contributed by atoms with Crippen LogP contribution < -0.4 is 5.72 Å². The van der Waals surface area contributed by atoms with Gasteiger partial charge >= 0.3 is 0 Å². The molecule has 1 aromatic rings. The molecule has 1 aromatic carbocycles. The third-order valence-electron chi connectivity index (χ3n) is 1.13. The fourth-order valence-corrected chi connectivity index (χ4v) is 0.627. The Kier molecular flexibility index (Phi) is 1.16. The monoisotopic (exact) mass is 127 g/mol. The lowest BCUT2D eigenvalue weighted by Crippen LogP contribution is -1.98. The van der Waals surface area contributed by atoms with Gasteiger partial charge < -0.3 is 5.72 Å². The third kappa shape index (κ3) is 1.27. The van der Waals surface area contributed by atoms with E-state index in [9.17, 15) is 4.39 Å². The first-order valence-electron chi connectivity index (χ1n) is 3.58. The van der Waals surface area contributed by atoms with Crippen molar-refractivity contribution in [3.63, 3.8) is 0 Å². The van der Waals surface area contributed by atoms with E-state index in [1.807, 2.05) is 0 Å². The first-order chi connectivity index (χ1) is 5.20. The van der Waals surface area contributed by atoms with Crippen molar-refractivity contribution in [1.82, 2.24) is 0 Å². The second kappa shape index (κ2) is 2.60. The van der Waals surface area contributed by atoms with E-state index < -0.39 is 0 Å². The van der Waals surface area contributed by atoms with Crippen LogP contribution in [0.1, 0.15) is 5.56 Å². The van der Waals surface area contributed by atoms with Crippen LogP contribution in [0.2, 0.25) is 2.82 Å². The highest BCUT2D eigenvalue weighted by Gasteiger charge is 1.94. The lowest BCUT2D eigenvalue weighted by Gasteiger charge is -1.94. The molecule has 0 aliphatic heterocycles. The SMILES string of the molecule is [2H]N([2H])Cc1ccccc1F. The molecule has 0 atom stereocenters. The van der Waals surface area contributed by atoms with E-state index in [1.165, 1.54) is 6.07 Å². The minimum atomic E-state index is -0.364. The van der Waals surface area contributed by atoms with Crippen LogP contribution in [0.15, 0.2) is 24.3 Å². The van der Waals surface area contributed by atoms with Gasteiger partial charge in [-0.25, -0.2) is 4.39 Å². The third-order valence-corrected chi connectivity index (χ3v) is 1.13. The van der Waals surface area contributed by atoms with Crippen LogP contribution in [-0.2, 0) is 6.54 Å². The predicted molar refractivity (Wildman–Crippen MR) is 34.3 cm³/mol. The minimum absolute atomic E-state index is 0.00727. The van der Waals surface area contributed by atoms with E-state index in [0.29, 0.717) is 11.3 Å². The molecule has 0 bridgehead atoms. The highest BCUT2D eigenvalue weighted by molar-refractivity contribution is 5.16. The minimum Gasteiger partial charge on any atom is -0.326 e. The van der Waals surface area contributed by atoms with E-state index in [1.54, 1.807) is 18.2 Å². The van der Waals surface area contributed by atoms with Gasteiger partial charge in [0.25, 0.3) is 0 Å². The second-order valence-electron chi connectivity index (χ2n) is 1.75. The Morgan fingerprint density at radius 2 is 2.33 bits per heavy atom. The summed E-state index contributed by atoms with van der Waals surface area (Å²) in [5.74, 6) is -0.364. The number of halogens is 1. The number of nitrogens with two attached hydrogens (primary N) is 1. The Morgan fingerprint density at radius 1 is 1.56 bits per heavy atom. The highest BCUT2D eigenvalue weighted by Crippen LogP contribution is 2.03. The van der Waals surface area contributed by atoms with Crippen LogP contribution in [0.3, 0.4) is 0 Å². The molecule has 0 fully saturated rings. The normalized spacial score (nSPS) is 13.1. The second-order valence-corrected chi connectivity index (χ2v) is 1.75. The van der Waals surface area contributed by atoms with Crippen LogP contribution in [-0.4, -0.2) is 0 Å². The van der Waals surface area contributed by atoms with Gasteiger partial charge in [-0.05, 0) is 6.07 Å². The first kappa shape index (κ1) is 4.01. The molecule has 0 unspecified atom stereocenters. The molecule has 2 heteroatoms. The molecule has 2 N–H and O–H groups in total. The van der Waals surface area contributed by atoms with Gasteiger partial charge in [-0.2, -0.15) is 0 Å². The quantitative estimate of drug-likeness (QED) is 0.636. The molecule has 0 aliphatic rings. The zero-order valence-electron chi connectivity index (χ0n) is 6.84. The summed E-state index contributed by atoms with van der Waals surface area (Å²) < 4.78 is 26.2. The summed E-state index contributed by atoms with van der Waals surface area (Å²) in [6, 6.07) is 6.14. The van der Waals surface area contributed by atoms with Crippen LogP contribution in [0.5, 0.6) is 0 Å². The number of benzene rings is 1. The molecule has 0 saturated heterocycles. The molecule has 1 nitrogen and oxygen atoms in total. The molecular formula is C7H8FN. The summed E-state index contributed by atoms with van der Waals surface area (Å²) in [6.45, 7) is -0.00727. The van der Waals surface area contributed by atoms with Gasteiger partial charge in [0, 0.05) is 12.1 Å². The molecule has 0 spiro atoms. The Balaban J connectivity index is 2.78. The van der Waals surface area contributed by atoms with E-state index in [2.05, 4.69) is 0 Å². The molecule has 0 heterocycles. The predicted octanol–water partition coefficient (Wildman–Crippen LogP) is 1.28. The van der Waals surface area contributed by atoms with Gasteiger partial charge in [0.05, 0.1) is 0 Å². The molecule has 0 radical (unpaired) electrons.